The number of rotatable bonds is 11. The van der Waals surface area contributed by atoms with Crippen molar-refractivity contribution in [3.8, 4) is 0 Å². The van der Waals surface area contributed by atoms with Crippen LogP contribution in [0.4, 0.5) is 5.69 Å². The van der Waals surface area contributed by atoms with Gasteiger partial charge in [-0.2, -0.15) is 0 Å². The zero-order valence-corrected chi connectivity index (χ0v) is 11.6. The Bertz CT molecular complexity index is 292. The predicted molar refractivity (Wildman–Crippen MR) is 82.5 cm³/mol. The summed E-state index contributed by atoms with van der Waals surface area (Å²) in [5.74, 6) is 0. The Morgan fingerprint density at radius 3 is 1.79 bits per heavy atom. The van der Waals surface area contributed by atoms with Crippen LogP contribution in [0.1, 0.15) is 0 Å². The summed E-state index contributed by atoms with van der Waals surface area (Å²) < 4.78 is 0. The number of hydrogen-bond donors (Lipinski definition) is 4. The summed E-state index contributed by atoms with van der Waals surface area (Å²) in [5.41, 5.74) is 12.2. The molecule has 1 rings (SSSR count). The lowest BCUT2D eigenvalue weighted by atomic mass is 10.3. The summed E-state index contributed by atoms with van der Waals surface area (Å²) in [5, 5.41) is 6.66. The number of nitrogens with two attached hydrogens (primary N) is 2. The SMILES string of the molecule is NCCNCCN(CCNCCN)c1ccccc1. The monoisotopic (exact) mass is 265 g/mol. The summed E-state index contributed by atoms with van der Waals surface area (Å²) in [6.45, 7) is 6.96. The summed E-state index contributed by atoms with van der Waals surface area (Å²) in [6.07, 6.45) is 0. The van der Waals surface area contributed by atoms with Crippen LogP contribution < -0.4 is 27.0 Å². The van der Waals surface area contributed by atoms with Gasteiger partial charge in [-0.05, 0) is 12.1 Å². The van der Waals surface area contributed by atoms with E-state index in [9.17, 15) is 0 Å². The average molecular weight is 265 g/mol. The van der Waals surface area contributed by atoms with E-state index >= 15 is 0 Å². The van der Waals surface area contributed by atoms with Gasteiger partial charge >= 0.3 is 0 Å². The van der Waals surface area contributed by atoms with Gasteiger partial charge in [-0.25, -0.2) is 0 Å². The molecule has 0 bridgehead atoms. The van der Waals surface area contributed by atoms with E-state index in [4.69, 9.17) is 11.5 Å². The lowest BCUT2D eigenvalue weighted by Gasteiger charge is -2.25. The van der Waals surface area contributed by atoms with Gasteiger partial charge in [-0.1, -0.05) is 18.2 Å². The Labute approximate surface area is 116 Å². The molecule has 0 atom stereocenters. The Morgan fingerprint density at radius 1 is 0.789 bits per heavy atom. The maximum absolute atomic E-state index is 5.47. The van der Waals surface area contributed by atoms with E-state index in [1.165, 1.54) is 5.69 Å². The van der Waals surface area contributed by atoms with Crippen molar-refractivity contribution >= 4 is 5.69 Å². The van der Waals surface area contributed by atoms with Crippen molar-refractivity contribution in [2.45, 2.75) is 0 Å². The highest BCUT2D eigenvalue weighted by atomic mass is 15.2. The van der Waals surface area contributed by atoms with Crippen molar-refractivity contribution in [1.82, 2.24) is 10.6 Å². The largest absolute Gasteiger partial charge is 0.369 e. The Balaban J connectivity index is 2.39. The topological polar surface area (TPSA) is 79.3 Å². The van der Waals surface area contributed by atoms with Crippen LogP contribution in [0.3, 0.4) is 0 Å². The van der Waals surface area contributed by atoms with Crippen molar-refractivity contribution in [2.24, 2.45) is 11.5 Å². The highest BCUT2D eigenvalue weighted by Crippen LogP contribution is 2.11. The first kappa shape index (κ1) is 15.9. The van der Waals surface area contributed by atoms with E-state index in [1.807, 2.05) is 6.07 Å². The third kappa shape index (κ3) is 7.12. The predicted octanol–water partition coefficient (Wildman–Crippen LogP) is -0.410. The first-order chi connectivity index (χ1) is 9.38. The molecule has 5 nitrogen and oxygen atoms in total. The van der Waals surface area contributed by atoms with E-state index < -0.39 is 0 Å². The van der Waals surface area contributed by atoms with Gasteiger partial charge in [0, 0.05) is 58.0 Å². The second-order valence-corrected chi connectivity index (χ2v) is 4.40. The number of nitrogens with zero attached hydrogens (tertiary/aromatic N) is 1. The summed E-state index contributed by atoms with van der Waals surface area (Å²) >= 11 is 0. The zero-order chi connectivity index (χ0) is 13.8. The minimum Gasteiger partial charge on any atom is -0.369 e. The summed E-state index contributed by atoms with van der Waals surface area (Å²) in [4.78, 5) is 2.37. The molecule has 0 aliphatic carbocycles. The van der Waals surface area contributed by atoms with Crippen LogP contribution in [-0.2, 0) is 0 Å². The minimum absolute atomic E-state index is 0.684. The molecule has 1 aromatic rings. The molecule has 0 saturated carbocycles. The Morgan fingerprint density at radius 2 is 1.32 bits per heavy atom. The first-order valence-electron chi connectivity index (χ1n) is 7.00. The highest BCUT2D eigenvalue weighted by Gasteiger charge is 2.04. The van der Waals surface area contributed by atoms with E-state index in [0.29, 0.717) is 13.1 Å². The number of para-hydroxylation sites is 1. The Kier molecular flexibility index (Phi) is 9.01. The average Bonchev–Trinajstić information content (AvgIpc) is 2.46. The molecule has 0 unspecified atom stereocenters. The van der Waals surface area contributed by atoms with Gasteiger partial charge < -0.3 is 27.0 Å². The quantitative estimate of drug-likeness (QED) is 0.409. The fraction of sp³-hybridized carbons (Fsp3) is 0.571. The van der Waals surface area contributed by atoms with Crippen LogP contribution in [0.25, 0.3) is 0 Å². The molecule has 1 aromatic carbocycles. The first-order valence-corrected chi connectivity index (χ1v) is 7.00. The summed E-state index contributed by atoms with van der Waals surface area (Å²) in [7, 11) is 0. The van der Waals surface area contributed by atoms with Gasteiger partial charge in [-0.15, -0.1) is 0 Å². The molecule has 0 aromatic heterocycles. The molecular weight excluding hydrogens is 238 g/mol. The molecule has 0 radical (unpaired) electrons. The normalized spacial score (nSPS) is 10.6. The van der Waals surface area contributed by atoms with E-state index in [1.54, 1.807) is 0 Å². The highest BCUT2D eigenvalue weighted by molar-refractivity contribution is 5.45. The number of anilines is 1. The van der Waals surface area contributed by atoms with Crippen molar-refractivity contribution in [3.63, 3.8) is 0 Å². The Hall–Kier alpha value is -1.14. The van der Waals surface area contributed by atoms with Crippen LogP contribution in [-0.4, -0.2) is 52.4 Å². The van der Waals surface area contributed by atoms with Crippen molar-refractivity contribution < 1.29 is 0 Å². The minimum atomic E-state index is 0.684. The third-order valence-corrected chi connectivity index (χ3v) is 2.88. The molecule has 5 heteroatoms. The third-order valence-electron chi connectivity index (χ3n) is 2.88. The molecule has 0 aliphatic heterocycles. The van der Waals surface area contributed by atoms with E-state index in [-0.39, 0.29) is 0 Å². The number of hydrogen-bond acceptors (Lipinski definition) is 5. The molecule has 0 aliphatic rings. The molecule has 0 amide bonds. The second kappa shape index (κ2) is 10.8. The molecule has 0 heterocycles. The standard InChI is InChI=1S/C14H27N5/c15-6-8-17-10-12-19(13-11-18-9-7-16)14-4-2-1-3-5-14/h1-5,17-18H,6-13,15-16H2. The van der Waals surface area contributed by atoms with Crippen LogP contribution in [0.5, 0.6) is 0 Å². The fourth-order valence-electron chi connectivity index (χ4n) is 1.89. The summed E-state index contributed by atoms with van der Waals surface area (Å²) in [6, 6.07) is 10.5. The molecular formula is C14H27N5. The zero-order valence-electron chi connectivity index (χ0n) is 11.6. The van der Waals surface area contributed by atoms with Crippen LogP contribution in [0, 0.1) is 0 Å². The lowest BCUT2D eigenvalue weighted by molar-refractivity contribution is 0.630. The van der Waals surface area contributed by atoms with Gasteiger partial charge in [0.05, 0.1) is 0 Å². The molecule has 108 valence electrons. The van der Waals surface area contributed by atoms with Gasteiger partial charge in [0.25, 0.3) is 0 Å². The van der Waals surface area contributed by atoms with Crippen LogP contribution in [0.2, 0.25) is 0 Å². The molecule has 19 heavy (non-hydrogen) atoms. The molecule has 0 fully saturated rings. The molecule has 0 saturated heterocycles. The van der Waals surface area contributed by atoms with E-state index in [0.717, 1.165) is 39.3 Å². The van der Waals surface area contributed by atoms with Gasteiger partial charge in [0.15, 0.2) is 0 Å². The van der Waals surface area contributed by atoms with Crippen LogP contribution >= 0.6 is 0 Å². The van der Waals surface area contributed by atoms with Crippen molar-refractivity contribution in [1.29, 1.82) is 0 Å². The molecule has 0 spiro atoms. The fourth-order valence-corrected chi connectivity index (χ4v) is 1.89. The van der Waals surface area contributed by atoms with Gasteiger partial charge in [-0.3, -0.25) is 0 Å². The number of benzene rings is 1. The smallest absolute Gasteiger partial charge is 0.0367 e. The van der Waals surface area contributed by atoms with Gasteiger partial charge in [0.1, 0.15) is 0 Å². The van der Waals surface area contributed by atoms with Crippen molar-refractivity contribution in [2.75, 3.05) is 57.3 Å². The number of nitrogens with one attached hydrogen (secondary N) is 2. The van der Waals surface area contributed by atoms with Gasteiger partial charge in [0.2, 0.25) is 0 Å². The second-order valence-electron chi connectivity index (χ2n) is 4.40. The maximum Gasteiger partial charge on any atom is 0.0367 e. The molecule has 6 N–H and O–H groups in total. The van der Waals surface area contributed by atoms with Crippen molar-refractivity contribution in [3.05, 3.63) is 30.3 Å². The maximum atomic E-state index is 5.47. The van der Waals surface area contributed by atoms with E-state index in [2.05, 4.69) is 39.8 Å². The lowest BCUT2D eigenvalue weighted by Crippen LogP contribution is -2.38. The van der Waals surface area contributed by atoms with Crippen LogP contribution in [0.15, 0.2) is 30.3 Å².